The summed E-state index contributed by atoms with van der Waals surface area (Å²) >= 11 is 0. The van der Waals surface area contributed by atoms with E-state index in [2.05, 4.69) is 70.9 Å². The van der Waals surface area contributed by atoms with Gasteiger partial charge in [0.15, 0.2) is 0 Å². The number of fused-ring (bicyclic) bond motifs is 1. The van der Waals surface area contributed by atoms with Crippen molar-refractivity contribution in [2.75, 3.05) is 24.5 Å². The predicted molar refractivity (Wildman–Crippen MR) is 116 cm³/mol. The topological polar surface area (TPSA) is 49.3 Å². The van der Waals surface area contributed by atoms with Crippen LogP contribution in [0.15, 0.2) is 54.5 Å². The summed E-state index contributed by atoms with van der Waals surface area (Å²) in [6.07, 6.45) is 6.98. The number of carbonyl (C=O) groups is 1. The van der Waals surface area contributed by atoms with Crippen molar-refractivity contribution in [1.29, 1.82) is 0 Å². The first-order chi connectivity index (χ1) is 14.0. The summed E-state index contributed by atoms with van der Waals surface area (Å²) in [5.41, 5.74) is 3.83. The molecule has 3 atom stereocenters. The van der Waals surface area contributed by atoms with Gasteiger partial charge in [0.25, 0.3) is 0 Å². The number of likely N-dealkylation sites (tertiary alicyclic amines) is 1. The van der Waals surface area contributed by atoms with Gasteiger partial charge in [0.05, 0.1) is 6.04 Å². The number of hydrogen-bond donors (Lipinski definition) is 0. The van der Waals surface area contributed by atoms with Gasteiger partial charge in [0.1, 0.15) is 12.1 Å². The number of allylic oxidation sites excluding steroid dienone is 2. The van der Waals surface area contributed by atoms with Gasteiger partial charge in [0.2, 0.25) is 5.91 Å². The molecule has 2 aliphatic rings. The Morgan fingerprint density at radius 2 is 2.00 bits per heavy atom. The fourth-order valence-corrected chi connectivity index (χ4v) is 4.90. The maximum atomic E-state index is 13.2. The lowest BCUT2D eigenvalue weighted by atomic mass is 9.87. The SMILES string of the molecule is CC(C)=CCCC(=O)N1C[C@@H]2CN(c3ccncn3)C[C@@H]2[C@H]1c1ccccc1C. The highest BCUT2D eigenvalue weighted by Gasteiger charge is 2.49. The van der Waals surface area contributed by atoms with E-state index in [9.17, 15) is 4.79 Å². The van der Waals surface area contributed by atoms with Crippen LogP contribution in [0.2, 0.25) is 0 Å². The number of benzene rings is 1. The van der Waals surface area contributed by atoms with Gasteiger partial charge >= 0.3 is 0 Å². The molecule has 5 heteroatoms. The molecule has 1 aromatic heterocycles. The summed E-state index contributed by atoms with van der Waals surface area (Å²) in [5, 5.41) is 0. The molecule has 152 valence electrons. The summed E-state index contributed by atoms with van der Waals surface area (Å²) in [6, 6.07) is 10.7. The molecule has 5 nitrogen and oxygen atoms in total. The van der Waals surface area contributed by atoms with Gasteiger partial charge < -0.3 is 9.80 Å². The van der Waals surface area contributed by atoms with Crippen molar-refractivity contribution in [3.05, 3.63) is 65.6 Å². The van der Waals surface area contributed by atoms with Gasteiger partial charge in [-0.1, -0.05) is 35.9 Å². The molecule has 1 aromatic carbocycles. The Morgan fingerprint density at radius 3 is 2.72 bits per heavy atom. The number of hydrogen-bond acceptors (Lipinski definition) is 4. The van der Waals surface area contributed by atoms with Gasteiger partial charge in [-0.25, -0.2) is 9.97 Å². The van der Waals surface area contributed by atoms with Crippen LogP contribution in [0.3, 0.4) is 0 Å². The molecular formula is C24H30N4O. The highest BCUT2D eigenvalue weighted by molar-refractivity contribution is 5.77. The van der Waals surface area contributed by atoms with E-state index in [1.165, 1.54) is 16.7 Å². The normalized spacial score (nSPS) is 23.2. The summed E-state index contributed by atoms with van der Waals surface area (Å²) in [4.78, 5) is 26.2. The van der Waals surface area contributed by atoms with Crippen molar-refractivity contribution in [1.82, 2.24) is 14.9 Å². The van der Waals surface area contributed by atoms with Crippen LogP contribution >= 0.6 is 0 Å². The monoisotopic (exact) mass is 390 g/mol. The van der Waals surface area contributed by atoms with E-state index < -0.39 is 0 Å². The Labute approximate surface area is 173 Å². The van der Waals surface area contributed by atoms with Crippen molar-refractivity contribution in [2.45, 2.75) is 39.7 Å². The fourth-order valence-electron chi connectivity index (χ4n) is 4.90. The van der Waals surface area contributed by atoms with Crippen LogP contribution in [-0.2, 0) is 4.79 Å². The quantitative estimate of drug-likeness (QED) is 0.719. The molecule has 3 heterocycles. The maximum absolute atomic E-state index is 13.2. The molecule has 0 radical (unpaired) electrons. The van der Waals surface area contributed by atoms with Crippen molar-refractivity contribution < 1.29 is 4.79 Å². The van der Waals surface area contributed by atoms with Gasteiger partial charge in [-0.15, -0.1) is 0 Å². The Hall–Kier alpha value is -2.69. The van der Waals surface area contributed by atoms with Gasteiger partial charge in [-0.2, -0.15) is 0 Å². The molecule has 29 heavy (non-hydrogen) atoms. The minimum absolute atomic E-state index is 0.146. The largest absolute Gasteiger partial charge is 0.356 e. The highest BCUT2D eigenvalue weighted by atomic mass is 16.2. The standard InChI is InChI=1S/C24H30N4O/c1-17(2)7-6-10-23(29)28-14-19-13-27(22-11-12-25-16-26-22)15-21(19)24(28)20-9-5-4-8-18(20)3/h4-5,7-9,11-12,16,19,21,24H,6,10,13-15H2,1-3H3/t19-,21-,24+/m0/s1. The first kappa shape index (κ1) is 19.6. The molecule has 0 bridgehead atoms. The summed E-state index contributed by atoms with van der Waals surface area (Å²) < 4.78 is 0. The first-order valence-electron chi connectivity index (χ1n) is 10.5. The third-order valence-corrected chi connectivity index (χ3v) is 6.29. The zero-order valence-electron chi connectivity index (χ0n) is 17.6. The second-order valence-corrected chi connectivity index (χ2v) is 8.56. The highest BCUT2D eigenvalue weighted by Crippen LogP contribution is 2.46. The lowest BCUT2D eigenvalue weighted by Gasteiger charge is -2.31. The van der Waals surface area contributed by atoms with Gasteiger partial charge in [-0.05, 0) is 44.4 Å². The van der Waals surface area contributed by atoms with Crippen LogP contribution in [0.4, 0.5) is 5.82 Å². The van der Waals surface area contributed by atoms with E-state index >= 15 is 0 Å². The summed E-state index contributed by atoms with van der Waals surface area (Å²) in [5.74, 6) is 2.17. The van der Waals surface area contributed by atoms with Crippen LogP contribution in [0.25, 0.3) is 0 Å². The molecule has 2 saturated heterocycles. The average Bonchev–Trinajstić information content (AvgIpc) is 3.27. The molecular weight excluding hydrogens is 360 g/mol. The molecule has 2 aromatic rings. The Morgan fingerprint density at radius 1 is 1.17 bits per heavy atom. The number of nitrogens with zero attached hydrogens (tertiary/aromatic N) is 4. The van der Waals surface area contributed by atoms with Crippen LogP contribution in [0.5, 0.6) is 0 Å². The van der Waals surface area contributed by atoms with E-state index in [1.54, 1.807) is 12.5 Å². The fraction of sp³-hybridized carbons (Fsp3) is 0.458. The minimum atomic E-state index is 0.146. The molecule has 0 N–H and O–H groups in total. The average molecular weight is 391 g/mol. The number of aryl methyl sites for hydroxylation is 1. The number of aromatic nitrogens is 2. The molecule has 4 rings (SSSR count). The zero-order valence-corrected chi connectivity index (χ0v) is 17.6. The van der Waals surface area contributed by atoms with Crippen LogP contribution in [0.1, 0.15) is 43.9 Å². The number of rotatable bonds is 5. The van der Waals surface area contributed by atoms with Crippen LogP contribution < -0.4 is 4.90 Å². The van der Waals surface area contributed by atoms with Crippen molar-refractivity contribution in [2.24, 2.45) is 11.8 Å². The van der Waals surface area contributed by atoms with Gasteiger partial charge in [-0.3, -0.25) is 4.79 Å². The van der Waals surface area contributed by atoms with E-state index in [4.69, 9.17) is 0 Å². The van der Waals surface area contributed by atoms with E-state index in [1.807, 2.05) is 6.07 Å². The number of carbonyl (C=O) groups excluding carboxylic acids is 1. The lowest BCUT2D eigenvalue weighted by molar-refractivity contribution is -0.132. The molecule has 1 amide bonds. The summed E-state index contributed by atoms with van der Waals surface area (Å²) in [6.45, 7) is 9.04. The Bertz CT molecular complexity index is 891. The predicted octanol–water partition coefficient (Wildman–Crippen LogP) is 4.17. The van der Waals surface area contributed by atoms with Crippen LogP contribution in [0, 0.1) is 18.8 Å². The summed E-state index contributed by atoms with van der Waals surface area (Å²) in [7, 11) is 0. The van der Waals surface area contributed by atoms with E-state index in [0.29, 0.717) is 18.3 Å². The van der Waals surface area contributed by atoms with E-state index in [-0.39, 0.29) is 11.9 Å². The number of amides is 1. The number of anilines is 1. The third kappa shape index (κ3) is 4.04. The second kappa shape index (κ2) is 8.36. The molecule has 0 saturated carbocycles. The van der Waals surface area contributed by atoms with Crippen molar-refractivity contribution in [3.8, 4) is 0 Å². The smallest absolute Gasteiger partial charge is 0.223 e. The molecule has 2 fully saturated rings. The minimum Gasteiger partial charge on any atom is -0.356 e. The molecule has 2 aliphatic heterocycles. The van der Waals surface area contributed by atoms with Crippen LogP contribution in [-0.4, -0.2) is 40.4 Å². The molecule has 0 spiro atoms. The lowest BCUT2D eigenvalue weighted by Crippen LogP contribution is -2.36. The first-order valence-corrected chi connectivity index (χ1v) is 10.5. The zero-order chi connectivity index (χ0) is 20.4. The van der Waals surface area contributed by atoms with Gasteiger partial charge in [0, 0.05) is 44.1 Å². The molecule has 0 unspecified atom stereocenters. The van der Waals surface area contributed by atoms with Crippen molar-refractivity contribution >= 4 is 11.7 Å². The Balaban J connectivity index is 1.59. The molecule has 0 aliphatic carbocycles. The third-order valence-electron chi connectivity index (χ3n) is 6.29. The Kier molecular flexibility index (Phi) is 5.65. The van der Waals surface area contributed by atoms with Crippen molar-refractivity contribution in [3.63, 3.8) is 0 Å². The maximum Gasteiger partial charge on any atom is 0.223 e. The van der Waals surface area contributed by atoms with E-state index in [0.717, 1.165) is 31.9 Å². The second-order valence-electron chi connectivity index (χ2n) is 8.56.